The van der Waals surface area contributed by atoms with Crippen molar-refractivity contribution < 1.29 is 4.74 Å². The van der Waals surface area contributed by atoms with Crippen LogP contribution in [0.5, 0.6) is 5.75 Å². The molecule has 0 aliphatic carbocycles. The van der Waals surface area contributed by atoms with E-state index >= 15 is 0 Å². The molecule has 2 aromatic rings. The molecule has 0 amide bonds. The summed E-state index contributed by atoms with van der Waals surface area (Å²) < 4.78 is 5.81. The average molecular weight is 240 g/mol. The Morgan fingerprint density at radius 1 is 0.944 bits per heavy atom. The third-order valence-electron chi connectivity index (χ3n) is 3.20. The van der Waals surface area contributed by atoms with Gasteiger partial charge in [0.15, 0.2) is 0 Å². The quantitative estimate of drug-likeness (QED) is 0.752. The molecule has 0 bridgehead atoms. The Morgan fingerprint density at radius 2 is 1.61 bits per heavy atom. The lowest BCUT2D eigenvalue weighted by Gasteiger charge is -2.10. The van der Waals surface area contributed by atoms with Crippen LogP contribution >= 0.6 is 0 Å². The van der Waals surface area contributed by atoms with Crippen LogP contribution in [0.1, 0.15) is 36.5 Å². The Labute approximate surface area is 109 Å². The minimum atomic E-state index is 0.565. The van der Waals surface area contributed by atoms with E-state index in [4.69, 9.17) is 4.74 Å². The molecular weight excluding hydrogens is 220 g/mol. The number of hydrogen-bond acceptors (Lipinski definition) is 1. The summed E-state index contributed by atoms with van der Waals surface area (Å²) in [4.78, 5) is 0. The molecule has 2 rings (SSSR count). The number of benzene rings is 2. The first kappa shape index (κ1) is 12.7. The van der Waals surface area contributed by atoms with Crippen LogP contribution in [0, 0.1) is 6.92 Å². The van der Waals surface area contributed by atoms with E-state index in [1.165, 1.54) is 16.7 Å². The van der Waals surface area contributed by atoms with Gasteiger partial charge in [0.1, 0.15) is 12.4 Å². The molecule has 94 valence electrons. The van der Waals surface area contributed by atoms with E-state index in [2.05, 4.69) is 51.1 Å². The molecule has 0 unspecified atom stereocenters. The van der Waals surface area contributed by atoms with Crippen LogP contribution in [-0.2, 0) is 6.61 Å². The Balaban J connectivity index is 2.00. The Bertz CT molecular complexity index is 497. The molecule has 0 radical (unpaired) electrons. The molecule has 0 aliphatic rings. The van der Waals surface area contributed by atoms with Crippen LogP contribution in [0.15, 0.2) is 48.5 Å². The van der Waals surface area contributed by atoms with Crippen molar-refractivity contribution >= 4 is 0 Å². The summed E-state index contributed by atoms with van der Waals surface area (Å²) in [6.45, 7) is 7.14. The number of aryl methyl sites for hydroxylation is 1. The zero-order chi connectivity index (χ0) is 13.0. The minimum absolute atomic E-state index is 0.565. The van der Waals surface area contributed by atoms with Crippen molar-refractivity contribution in [2.45, 2.75) is 33.3 Å². The standard InChI is InChI=1S/C17H20O/c1-13(2)15-8-10-17(11-9-15)18-12-16-7-5-4-6-14(16)3/h4-11,13H,12H2,1-3H3. The average Bonchev–Trinajstić information content (AvgIpc) is 2.38. The topological polar surface area (TPSA) is 9.23 Å². The van der Waals surface area contributed by atoms with Gasteiger partial charge in [0.25, 0.3) is 0 Å². The van der Waals surface area contributed by atoms with Gasteiger partial charge in [-0.15, -0.1) is 0 Å². The largest absolute Gasteiger partial charge is 0.489 e. The monoisotopic (exact) mass is 240 g/mol. The fraction of sp³-hybridized carbons (Fsp3) is 0.294. The fourth-order valence-corrected chi connectivity index (χ4v) is 1.88. The maximum atomic E-state index is 5.81. The first-order valence-electron chi connectivity index (χ1n) is 6.44. The van der Waals surface area contributed by atoms with Crippen molar-refractivity contribution in [1.29, 1.82) is 0 Å². The van der Waals surface area contributed by atoms with Gasteiger partial charge in [0.05, 0.1) is 0 Å². The predicted molar refractivity (Wildman–Crippen MR) is 76.0 cm³/mol. The van der Waals surface area contributed by atoms with E-state index in [1.807, 2.05) is 18.2 Å². The summed E-state index contributed by atoms with van der Waals surface area (Å²) in [5.74, 6) is 1.50. The molecule has 18 heavy (non-hydrogen) atoms. The molecule has 0 saturated carbocycles. The van der Waals surface area contributed by atoms with Crippen LogP contribution in [0.3, 0.4) is 0 Å². The minimum Gasteiger partial charge on any atom is -0.489 e. The van der Waals surface area contributed by atoms with E-state index in [0.29, 0.717) is 12.5 Å². The SMILES string of the molecule is Cc1ccccc1COc1ccc(C(C)C)cc1. The lowest BCUT2D eigenvalue weighted by atomic mass is 10.0. The summed E-state index contributed by atoms with van der Waals surface area (Å²) in [5.41, 5.74) is 3.86. The second kappa shape index (κ2) is 5.72. The van der Waals surface area contributed by atoms with E-state index in [9.17, 15) is 0 Å². The molecule has 0 fully saturated rings. The number of ether oxygens (including phenoxy) is 1. The molecule has 0 aromatic heterocycles. The summed E-state index contributed by atoms with van der Waals surface area (Å²) in [7, 11) is 0. The van der Waals surface area contributed by atoms with Crippen molar-refractivity contribution in [1.82, 2.24) is 0 Å². The van der Waals surface area contributed by atoms with Gasteiger partial charge in [0, 0.05) is 0 Å². The van der Waals surface area contributed by atoms with E-state index in [0.717, 1.165) is 5.75 Å². The highest BCUT2D eigenvalue weighted by Crippen LogP contribution is 2.19. The van der Waals surface area contributed by atoms with E-state index in [-0.39, 0.29) is 0 Å². The lowest BCUT2D eigenvalue weighted by Crippen LogP contribution is -1.97. The highest BCUT2D eigenvalue weighted by atomic mass is 16.5. The predicted octanol–water partition coefficient (Wildman–Crippen LogP) is 4.70. The second-order valence-corrected chi connectivity index (χ2v) is 4.94. The van der Waals surface area contributed by atoms with Crippen LogP contribution in [0.2, 0.25) is 0 Å². The third-order valence-corrected chi connectivity index (χ3v) is 3.20. The summed E-state index contributed by atoms with van der Waals surface area (Å²) >= 11 is 0. The molecule has 0 atom stereocenters. The molecule has 0 heterocycles. The first-order valence-corrected chi connectivity index (χ1v) is 6.44. The zero-order valence-corrected chi connectivity index (χ0v) is 11.3. The molecule has 0 saturated heterocycles. The van der Waals surface area contributed by atoms with Crippen molar-refractivity contribution in [3.63, 3.8) is 0 Å². The second-order valence-electron chi connectivity index (χ2n) is 4.94. The number of rotatable bonds is 4. The van der Waals surface area contributed by atoms with Gasteiger partial charge < -0.3 is 4.74 Å². The zero-order valence-electron chi connectivity index (χ0n) is 11.3. The summed E-state index contributed by atoms with van der Waals surface area (Å²) in [5, 5.41) is 0. The van der Waals surface area contributed by atoms with Crippen molar-refractivity contribution in [2.75, 3.05) is 0 Å². The smallest absolute Gasteiger partial charge is 0.119 e. The molecule has 0 spiro atoms. The molecule has 0 N–H and O–H groups in total. The van der Waals surface area contributed by atoms with Crippen molar-refractivity contribution in [3.8, 4) is 5.75 Å². The molecule has 1 nitrogen and oxygen atoms in total. The fourth-order valence-electron chi connectivity index (χ4n) is 1.88. The van der Waals surface area contributed by atoms with Gasteiger partial charge in [-0.25, -0.2) is 0 Å². The van der Waals surface area contributed by atoms with Gasteiger partial charge in [-0.3, -0.25) is 0 Å². The maximum absolute atomic E-state index is 5.81. The molecular formula is C17H20O. The van der Waals surface area contributed by atoms with Gasteiger partial charge in [-0.2, -0.15) is 0 Å². The first-order chi connectivity index (χ1) is 8.66. The van der Waals surface area contributed by atoms with Crippen LogP contribution in [0.4, 0.5) is 0 Å². The third kappa shape index (κ3) is 3.13. The Hall–Kier alpha value is -1.76. The van der Waals surface area contributed by atoms with Crippen molar-refractivity contribution in [2.24, 2.45) is 0 Å². The van der Waals surface area contributed by atoms with E-state index in [1.54, 1.807) is 0 Å². The van der Waals surface area contributed by atoms with Crippen LogP contribution < -0.4 is 4.74 Å². The van der Waals surface area contributed by atoms with Crippen LogP contribution in [0.25, 0.3) is 0 Å². The number of hydrogen-bond donors (Lipinski definition) is 0. The Morgan fingerprint density at radius 3 is 2.22 bits per heavy atom. The van der Waals surface area contributed by atoms with Crippen molar-refractivity contribution in [3.05, 3.63) is 65.2 Å². The highest BCUT2D eigenvalue weighted by molar-refractivity contribution is 5.30. The Kier molecular flexibility index (Phi) is 4.03. The highest BCUT2D eigenvalue weighted by Gasteiger charge is 2.01. The van der Waals surface area contributed by atoms with Gasteiger partial charge in [-0.1, -0.05) is 50.2 Å². The molecule has 1 heteroatoms. The van der Waals surface area contributed by atoms with E-state index < -0.39 is 0 Å². The van der Waals surface area contributed by atoms with Crippen LogP contribution in [-0.4, -0.2) is 0 Å². The van der Waals surface area contributed by atoms with Gasteiger partial charge >= 0.3 is 0 Å². The lowest BCUT2D eigenvalue weighted by molar-refractivity contribution is 0.305. The summed E-state index contributed by atoms with van der Waals surface area (Å²) in [6.07, 6.45) is 0. The summed E-state index contributed by atoms with van der Waals surface area (Å²) in [6, 6.07) is 16.7. The normalized spacial score (nSPS) is 10.7. The molecule has 2 aromatic carbocycles. The maximum Gasteiger partial charge on any atom is 0.119 e. The van der Waals surface area contributed by atoms with Gasteiger partial charge in [0.2, 0.25) is 0 Å². The van der Waals surface area contributed by atoms with Gasteiger partial charge in [-0.05, 0) is 41.7 Å². The molecule has 0 aliphatic heterocycles.